The molecule has 2 aromatic carbocycles. The number of benzene rings is 2. The lowest BCUT2D eigenvalue weighted by Gasteiger charge is -2.03. The molecule has 0 saturated heterocycles. The van der Waals surface area contributed by atoms with Crippen LogP contribution in [-0.4, -0.2) is 22.0 Å². The van der Waals surface area contributed by atoms with E-state index < -0.39 is 11.8 Å². The zero-order valence-corrected chi connectivity index (χ0v) is 12.3. The highest BCUT2D eigenvalue weighted by Gasteiger charge is 2.14. The number of nitrogens with zero attached hydrogens (tertiary/aromatic N) is 2. The molecule has 0 saturated carbocycles. The van der Waals surface area contributed by atoms with Crippen molar-refractivity contribution in [1.82, 2.24) is 0 Å². The average molecular weight is 310 g/mol. The predicted octanol–water partition coefficient (Wildman–Crippen LogP) is 3.98. The van der Waals surface area contributed by atoms with E-state index in [-0.39, 0.29) is 22.7 Å². The van der Waals surface area contributed by atoms with Crippen molar-refractivity contribution < 1.29 is 19.8 Å². The molecule has 0 atom stereocenters. The second kappa shape index (κ2) is 7.13. The highest BCUT2D eigenvalue weighted by Crippen LogP contribution is 2.23. The van der Waals surface area contributed by atoms with Crippen LogP contribution in [0.2, 0.25) is 0 Å². The first-order chi connectivity index (χ1) is 11.0. The van der Waals surface area contributed by atoms with Crippen LogP contribution in [0.25, 0.3) is 5.76 Å². The third kappa shape index (κ3) is 3.88. The first-order valence-electron chi connectivity index (χ1n) is 6.74. The molecule has 0 fully saturated rings. The van der Waals surface area contributed by atoms with Crippen molar-refractivity contribution in [3.63, 3.8) is 0 Å². The molecule has 6 heteroatoms. The molecule has 0 aromatic heterocycles. The Hall–Kier alpha value is -3.28. The van der Waals surface area contributed by atoms with Crippen LogP contribution in [0.3, 0.4) is 0 Å². The van der Waals surface area contributed by atoms with Gasteiger partial charge in [0.1, 0.15) is 5.69 Å². The van der Waals surface area contributed by atoms with Crippen molar-refractivity contribution in [3.8, 4) is 0 Å². The normalized spacial score (nSPS) is 12.0. The number of rotatable bonds is 5. The number of hydrogen-bond acceptors (Lipinski definition) is 5. The molecule has 0 spiro atoms. The summed E-state index contributed by atoms with van der Waals surface area (Å²) in [6.07, 6.45) is 0. The van der Waals surface area contributed by atoms with Gasteiger partial charge in [-0.2, -0.15) is 0 Å². The van der Waals surface area contributed by atoms with Gasteiger partial charge in [0.05, 0.1) is 5.56 Å². The summed E-state index contributed by atoms with van der Waals surface area (Å²) in [6, 6.07) is 14.4. The molecule has 23 heavy (non-hydrogen) atoms. The van der Waals surface area contributed by atoms with Crippen LogP contribution in [-0.2, 0) is 4.79 Å². The molecule has 2 aromatic rings. The lowest BCUT2D eigenvalue weighted by atomic mass is 10.1. The van der Waals surface area contributed by atoms with Crippen LogP contribution in [0.15, 0.2) is 70.5 Å². The van der Waals surface area contributed by atoms with Gasteiger partial charge in [-0.3, -0.25) is 4.79 Å². The van der Waals surface area contributed by atoms with Crippen molar-refractivity contribution >= 4 is 23.2 Å². The molecular formula is C17H14N2O4. The number of carbonyl (C=O) groups excluding carboxylic acids is 1. The van der Waals surface area contributed by atoms with Gasteiger partial charge in [0.15, 0.2) is 17.2 Å². The summed E-state index contributed by atoms with van der Waals surface area (Å²) in [5, 5.41) is 26.8. The minimum atomic E-state index is -1.15. The maximum absolute atomic E-state index is 11.7. The lowest BCUT2D eigenvalue weighted by molar-refractivity contribution is -0.113. The Morgan fingerprint density at radius 1 is 0.913 bits per heavy atom. The summed E-state index contributed by atoms with van der Waals surface area (Å²) >= 11 is 0. The molecule has 0 bridgehead atoms. The number of azo groups is 1. The summed E-state index contributed by atoms with van der Waals surface area (Å²) in [6.45, 7) is 1.25. The number of hydrogen-bond donors (Lipinski definition) is 2. The van der Waals surface area contributed by atoms with E-state index in [0.29, 0.717) is 5.56 Å². The van der Waals surface area contributed by atoms with E-state index in [0.717, 1.165) is 0 Å². The zero-order valence-electron chi connectivity index (χ0n) is 12.3. The molecular weight excluding hydrogens is 296 g/mol. The largest absolute Gasteiger partial charge is 0.505 e. The van der Waals surface area contributed by atoms with Crippen LogP contribution >= 0.6 is 0 Å². The number of aliphatic hydroxyl groups is 1. The number of aliphatic hydroxyl groups excluding tert-OH is 1. The van der Waals surface area contributed by atoms with E-state index in [2.05, 4.69) is 10.2 Å². The van der Waals surface area contributed by atoms with Crippen molar-refractivity contribution in [2.75, 3.05) is 0 Å². The van der Waals surface area contributed by atoms with Gasteiger partial charge in [-0.25, -0.2) is 4.79 Å². The number of carboxylic acid groups (broad SMARTS) is 1. The Bertz CT molecular complexity index is 795. The van der Waals surface area contributed by atoms with Crippen molar-refractivity contribution in [3.05, 3.63) is 71.4 Å². The van der Waals surface area contributed by atoms with E-state index in [1.165, 1.54) is 19.1 Å². The van der Waals surface area contributed by atoms with Gasteiger partial charge in [-0.05, 0) is 12.1 Å². The summed E-state index contributed by atoms with van der Waals surface area (Å²) in [4.78, 5) is 22.8. The molecule has 0 aliphatic carbocycles. The summed E-state index contributed by atoms with van der Waals surface area (Å²) in [5.74, 6) is -1.95. The number of carboxylic acids is 1. The fourth-order valence-corrected chi connectivity index (χ4v) is 1.86. The fourth-order valence-electron chi connectivity index (χ4n) is 1.86. The quantitative estimate of drug-likeness (QED) is 0.495. The Labute approximate surface area is 132 Å². The molecule has 2 N–H and O–H groups in total. The molecule has 0 radical (unpaired) electrons. The number of aromatic carboxylic acids is 1. The maximum Gasteiger partial charge on any atom is 0.337 e. The van der Waals surface area contributed by atoms with Gasteiger partial charge in [0, 0.05) is 12.5 Å². The Kier molecular flexibility index (Phi) is 4.99. The van der Waals surface area contributed by atoms with E-state index in [1.807, 2.05) is 0 Å². The molecule has 0 aliphatic rings. The second-order valence-corrected chi connectivity index (χ2v) is 4.64. The third-order valence-electron chi connectivity index (χ3n) is 3.00. The first-order valence-corrected chi connectivity index (χ1v) is 6.74. The van der Waals surface area contributed by atoms with Crippen molar-refractivity contribution in [2.24, 2.45) is 10.2 Å². The monoisotopic (exact) mass is 310 g/mol. The SMILES string of the molecule is CC(=O)/C(N=Nc1ccccc1C(=O)O)=C(/O)c1ccccc1. The molecule has 0 unspecified atom stereocenters. The van der Waals surface area contributed by atoms with Crippen molar-refractivity contribution in [1.29, 1.82) is 0 Å². The Morgan fingerprint density at radius 3 is 2.13 bits per heavy atom. The second-order valence-electron chi connectivity index (χ2n) is 4.64. The van der Waals surface area contributed by atoms with Crippen LogP contribution < -0.4 is 0 Å². The Balaban J connectivity index is 2.46. The van der Waals surface area contributed by atoms with Crippen molar-refractivity contribution in [2.45, 2.75) is 6.92 Å². The standard InChI is InChI=1S/C17H14N2O4/c1-11(20)15(16(21)12-7-3-2-4-8-12)19-18-14-10-6-5-9-13(14)17(22)23/h2-10,21H,1H3,(H,22,23)/b16-15-,19-18?. The minimum absolute atomic E-state index is 0.0432. The number of carbonyl (C=O) groups is 2. The van der Waals surface area contributed by atoms with Gasteiger partial charge in [0.2, 0.25) is 0 Å². The molecule has 0 aliphatic heterocycles. The van der Waals surface area contributed by atoms with Crippen LogP contribution in [0.5, 0.6) is 0 Å². The maximum atomic E-state index is 11.7. The number of ketones is 1. The molecule has 0 heterocycles. The van der Waals surface area contributed by atoms with Gasteiger partial charge in [0.25, 0.3) is 0 Å². The number of allylic oxidation sites excluding steroid dienone is 1. The third-order valence-corrected chi connectivity index (χ3v) is 3.00. The molecule has 0 amide bonds. The Morgan fingerprint density at radius 2 is 1.52 bits per heavy atom. The molecule has 6 nitrogen and oxygen atoms in total. The summed E-state index contributed by atoms with van der Waals surface area (Å²) < 4.78 is 0. The summed E-state index contributed by atoms with van der Waals surface area (Å²) in [5.41, 5.74) is 0.234. The van der Waals surface area contributed by atoms with Crippen LogP contribution in [0.4, 0.5) is 5.69 Å². The average Bonchev–Trinajstić information content (AvgIpc) is 2.55. The van der Waals surface area contributed by atoms with E-state index in [9.17, 15) is 14.7 Å². The molecule has 2 rings (SSSR count). The lowest BCUT2D eigenvalue weighted by Crippen LogP contribution is -1.99. The van der Waals surface area contributed by atoms with Gasteiger partial charge in [-0.1, -0.05) is 42.5 Å². The van der Waals surface area contributed by atoms with E-state index in [4.69, 9.17) is 5.11 Å². The van der Waals surface area contributed by atoms with E-state index >= 15 is 0 Å². The minimum Gasteiger partial charge on any atom is -0.505 e. The zero-order chi connectivity index (χ0) is 16.8. The highest BCUT2D eigenvalue weighted by molar-refractivity contribution is 5.99. The predicted molar refractivity (Wildman–Crippen MR) is 84.6 cm³/mol. The first kappa shape index (κ1) is 16.1. The van der Waals surface area contributed by atoms with Crippen LogP contribution in [0.1, 0.15) is 22.8 Å². The van der Waals surface area contributed by atoms with Gasteiger partial charge < -0.3 is 10.2 Å². The van der Waals surface area contributed by atoms with Crippen LogP contribution in [0, 0.1) is 0 Å². The number of Topliss-reactive ketones (excluding diaryl/α,β-unsaturated/α-hetero) is 1. The molecule has 116 valence electrons. The van der Waals surface area contributed by atoms with E-state index in [1.54, 1.807) is 42.5 Å². The van der Waals surface area contributed by atoms with Gasteiger partial charge >= 0.3 is 5.97 Å². The fraction of sp³-hybridized carbons (Fsp3) is 0.0588. The topological polar surface area (TPSA) is 99.3 Å². The van der Waals surface area contributed by atoms with Gasteiger partial charge in [-0.15, -0.1) is 10.2 Å². The smallest absolute Gasteiger partial charge is 0.337 e. The summed E-state index contributed by atoms with van der Waals surface area (Å²) in [7, 11) is 0. The highest BCUT2D eigenvalue weighted by atomic mass is 16.4.